The standard InChI is InChI=1S/C11H12ClN3S/c1-6-4-10-14-8-5-7(12)2-3-9(8)15(10)11(16)13-6/h2-3,5-6,10,14H,4H2,1H3,(H,13,16). The van der Waals surface area contributed by atoms with Gasteiger partial charge in [0.25, 0.3) is 0 Å². The van der Waals surface area contributed by atoms with Gasteiger partial charge in [0.2, 0.25) is 0 Å². The minimum Gasteiger partial charge on any atom is -0.363 e. The quantitative estimate of drug-likeness (QED) is 0.695. The Morgan fingerprint density at radius 2 is 2.25 bits per heavy atom. The molecular formula is C11H12ClN3S. The normalized spacial score (nSPS) is 26.9. The first-order valence-electron chi connectivity index (χ1n) is 5.31. The highest BCUT2D eigenvalue weighted by Gasteiger charge is 2.36. The zero-order valence-electron chi connectivity index (χ0n) is 8.83. The third-order valence-electron chi connectivity index (χ3n) is 3.02. The van der Waals surface area contributed by atoms with Crippen LogP contribution in [0.15, 0.2) is 18.2 Å². The van der Waals surface area contributed by atoms with Crippen LogP contribution in [0.25, 0.3) is 0 Å². The van der Waals surface area contributed by atoms with E-state index in [1.807, 2.05) is 18.2 Å². The lowest BCUT2D eigenvalue weighted by Crippen LogP contribution is -2.56. The molecule has 3 nitrogen and oxygen atoms in total. The molecule has 2 atom stereocenters. The van der Waals surface area contributed by atoms with Crippen molar-refractivity contribution >= 4 is 40.3 Å². The SMILES string of the molecule is CC1CC2Nc3cc(Cl)ccc3N2C(=S)N1. The Bertz CT molecular complexity index is 463. The van der Waals surface area contributed by atoms with E-state index in [0.717, 1.165) is 27.9 Å². The van der Waals surface area contributed by atoms with Crippen molar-refractivity contribution in [3.63, 3.8) is 0 Å². The molecule has 0 aromatic heterocycles. The second-order valence-corrected chi connectivity index (χ2v) is 5.10. The molecule has 1 aromatic carbocycles. The van der Waals surface area contributed by atoms with Crippen LogP contribution in [0.2, 0.25) is 5.02 Å². The van der Waals surface area contributed by atoms with E-state index in [9.17, 15) is 0 Å². The van der Waals surface area contributed by atoms with Crippen molar-refractivity contribution in [3.05, 3.63) is 23.2 Å². The van der Waals surface area contributed by atoms with Gasteiger partial charge in [0.05, 0.1) is 11.4 Å². The molecule has 2 heterocycles. The number of fused-ring (bicyclic) bond motifs is 3. The zero-order chi connectivity index (χ0) is 11.3. The Hall–Kier alpha value is -1.00. The lowest BCUT2D eigenvalue weighted by molar-refractivity contribution is 0.517. The summed E-state index contributed by atoms with van der Waals surface area (Å²) in [6, 6.07) is 6.26. The summed E-state index contributed by atoms with van der Waals surface area (Å²) in [6.45, 7) is 2.14. The lowest BCUT2D eigenvalue weighted by atomic mass is 10.1. The summed E-state index contributed by atoms with van der Waals surface area (Å²) in [5.41, 5.74) is 2.18. The summed E-state index contributed by atoms with van der Waals surface area (Å²) in [4.78, 5) is 2.13. The predicted molar refractivity (Wildman–Crippen MR) is 71.2 cm³/mol. The summed E-state index contributed by atoms with van der Waals surface area (Å²) in [5, 5.41) is 8.28. The van der Waals surface area contributed by atoms with Gasteiger partial charge in [0.15, 0.2) is 5.11 Å². The van der Waals surface area contributed by atoms with Crippen LogP contribution in [0.3, 0.4) is 0 Å². The third kappa shape index (κ3) is 1.44. The monoisotopic (exact) mass is 253 g/mol. The molecule has 16 heavy (non-hydrogen) atoms. The molecule has 0 bridgehead atoms. The molecule has 0 saturated carbocycles. The lowest BCUT2D eigenvalue weighted by Gasteiger charge is -2.36. The van der Waals surface area contributed by atoms with E-state index in [2.05, 4.69) is 22.5 Å². The molecule has 5 heteroatoms. The molecule has 3 rings (SSSR count). The van der Waals surface area contributed by atoms with Crippen LogP contribution in [0.1, 0.15) is 13.3 Å². The van der Waals surface area contributed by atoms with Crippen molar-refractivity contribution in [3.8, 4) is 0 Å². The smallest absolute Gasteiger partial charge is 0.175 e. The fourth-order valence-corrected chi connectivity index (χ4v) is 2.93. The summed E-state index contributed by atoms with van der Waals surface area (Å²) >= 11 is 11.4. The number of hydrogen-bond acceptors (Lipinski definition) is 2. The molecule has 0 radical (unpaired) electrons. The van der Waals surface area contributed by atoms with Gasteiger partial charge in [-0.25, -0.2) is 0 Å². The molecular weight excluding hydrogens is 242 g/mol. The number of hydrogen-bond donors (Lipinski definition) is 2. The van der Waals surface area contributed by atoms with Crippen LogP contribution in [0.5, 0.6) is 0 Å². The molecule has 1 aromatic rings. The number of thiocarbonyl (C=S) groups is 1. The molecule has 0 amide bonds. The first kappa shape index (κ1) is 10.2. The van der Waals surface area contributed by atoms with Crippen molar-refractivity contribution in [1.29, 1.82) is 0 Å². The maximum Gasteiger partial charge on any atom is 0.175 e. The molecule has 1 fully saturated rings. The fourth-order valence-electron chi connectivity index (χ4n) is 2.34. The highest BCUT2D eigenvalue weighted by atomic mass is 35.5. The summed E-state index contributed by atoms with van der Waals surface area (Å²) in [7, 11) is 0. The molecule has 2 aliphatic rings. The van der Waals surface area contributed by atoms with Crippen LogP contribution in [0.4, 0.5) is 11.4 Å². The van der Waals surface area contributed by atoms with Crippen molar-refractivity contribution in [1.82, 2.24) is 5.32 Å². The molecule has 84 valence electrons. The van der Waals surface area contributed by atoms with Gasteiger partial charge in [0, 0.05) is 17.5 Å². The highest BCUT2D eigenvalue weighted by Crippen LogP contribution is 2.38. The Morgan fingerprint density at radius 3 is 3.06 bits per heavy atom. The second-order valence-electron chi connectivity index (χ2n) is 4.28. The van der Waals surface area contributed by atoms with E-state index >= 15 is 0 Å². The topological polar surface area (TPSA) is 27.3 Å². The van der Waals surface area contributed by atoms with Crippen molar-refractivity contribution in [2.75, 3.05) is 10.2 Å². The third-order valence-corrected chi connectivity index (χ3v) is 3.57. The summed E-state index contributed by atoms with van der Waals surface area (Å²) in [6.07, 6.45) is 1.28. The molecule has 1 saturated heterocycles. The van der Waals surface area contributed by atoms with E-state index in [-0.39, 0.29) is 6.17 Å². The number of nitrogens with one attached hydrogen (secondary N) is 2. The average molecular weight is 254 g/mol. The fraction of sp³-hybridized carbons (Fsp3) is 0.364. The van der Waals surface area contributed by atoms with Crippen molar-refractivity contribution in [2.45, 2.75) is 25.6 Å². The zero-order valence-corrected chi connectivity index (χ0v) is 10.4. The van der Waals surface area contributed by atoms with Gasteiger partial charge in [0.1, 0.15) is 6.17 Å². The Kier molecular flexibility index (Phi) is 2.23. The van der Waals surface area contributed by atoms with E-state index < -0.39 is 0 Å². The van der Waals surface area contributed by atoms with Crippen molar-refractivity contribution in [2.24, 2.45) is 0 Å². The largest absolute Gasteiger partial charge is 0.363 e. The van der Waals surface area contributed by atoms with Crippen LogP contribution >= 0.6 is 23.8 Å². The van der Waals surface area contributed by atoms with Crippen LogP contribution in [-0.2, 0) is 0 Å². The van der Waals surface area contributed by atoms with Crippen LogP contribution in [0, 0.1) is 0 Å². The highest BCUT2D eigenvalue weighted by molar-refractivity contribution is 7.80. The first-order valence-corrected chi connectivity index (χ1v) is 6.09. The Morgan fingerprint density at radius 1 is 1.44 bits per heavy atom. The molecule has 0 spiro atoms. The van der Waals surface area contributed by atoms with E-state index in [4.69, 9.17) is 23.8 Å². The van der Waals surface area contributed by atoms with Gasteiger partial charge >= 0.3 is 0 Å². The number of halogens is 1. The molecule has 2 unspecified atom stereocenters. The first-order chi connectivity index (χ1) is 7.65. The van der Waals surface area contributed by atoms with Gasteiger partial charge < -0.3 is 10.6 Å². The van der Waals surface area contributed by atoms with E-state index in [1.54, 1.807) is 0 Å². The number of nitrogens with zero attached hydrogens (tertiary/aromatic N) is 1. The van der Waals surface area contributed by atoms with Crippen LogP contribution < -0.4 is 15.5 Å². The van der Waals surface area contributed by atoms with Gasteiger partial charge in [-0.05, 0) is 37.3 Å². The van der Waals surface area contributed by atoms with E-state index in [1.165, 1.54) is 0 Å². The minimum absolute atomic E-state index is 0.261. The molecule has 2 aliphatic heterocycles. The predicted octanol–water partition coefficient (Wildman–Crippen LogP) is 2.56. The molecule has 0 aliphatic carbocycles. The maximum atomic E-state index is 5.98. The summed E-state index contributed by atoms with van der Waals surface area (Å²) < 4.78 is 0. The Balaban J connectivity index is 2.02. The van der Waals surface area contributed by atoms with Crippen LogP contribution in [-0.4, -0.2) is 17.3 Å². The van der Waals surface area contributed by atoms with Gasteiger partial charge in [-0.1, -0.05) is 11.6 Å². The number of benzene rings is 1. The van der Waals surface area contributed by atoms with Crippen molar-refractivity contribution < 1.29 is 0 Å². The van der Waals surface area contributed by atoms with Gasteiger partial charge in [-0.15, -0.1) is 0 Å². The number of anilines is 2. The van der Waals surface area contributed by atoms with E-state index in [0.29, 0.717) is 6.04 Å². The maximum absolute atomic E-state index is 5.98. The average Bonchev–Trinajstić information content (AvgIpc) is 2.54. The Labute approximate surface area is 105 Å². The second kappa shape index (κ2) is 3.50. The minimum atomic E-state index is 0.261. The molecule has 2 N–H and O–H groups in total. The van der Waals surface area contributed by atoms with Gasteiger partial charge in [-0.2, -0.15) is 0 Å². The van der Waals surface area contributed by atoms with Gasteiger partial charge in [-0.3, -0.25) is 4.90 Å². The summed E-state index contributed by atoms with van der Waals surface area (Å²) in [5.74, 6) is 0. The number of rotatable bonds is 0.